The number of anilines is 1. The summed E-state index contributed by atoms with van der Waals surface area (Å²) in [6, 6.07) is 8.99. The Bertz CT molecular complexity index is 655. The van der Waals surface area contributed by atoms with Gasteiger partial charge < -0.3 is 20.1 Å². The second kappa shape index (κ2) is 9.46. The molecule has 1 aliphatic heterocycles. The quantitative estimate of drug-likeness (QED) is 0.402. The monoisotopic (exact) mass is 346 g/mol. The van der Waals surface area contributed by atoms with Crippen LogP contribution in [-0.4, -0.2) is 37.4 Å². The molecule has 0 saturated heterocycles. The van der Waals surface area contributed by atoms with Gasteiger partial charge in [-0.15, -0.1) is 0 Å². The molecule has 0 radical (unpaired) electrons. The topological polar surface area (TPSA) is 93.7 Å². The summed E-state index contributed by atoms with van der Waals surface area (Å²) in [6.45, 7) is 1.94. The van der Waals surface area contributed by atoms with Crippen LogP contribution in [0.25, 0.3) is 0 Å². The molecule has 1 aromatic rings. The van der Waals surface area contributed by atoms with Gasteiger partial charge in [0, 0.05) is 12.2 Å². The first-order valence-corrected chi connectivity index (χ1v) is 8.28. The molecular formula is C18H22N2O5. The van der Waals surface area contributed by atoms with Crippen LogP contribution in [0.3, 0.4) is 0 Å². The van der Waals surface area contributed by atoms with Gasteiger partial charge in [0.1, 0.15) is 0 Å². The van der Waals surface area contributed by atoms with Crippen molar-refractivity contribution in [3.8, 4) is 0 Å². The summed E-state index contributed by atoms with van der Waals surface area (Å²) in [4.78, 5) is 35.7. The maximum atomic E-state index is 12.1. The van der Waals surface area contributed by atoms with E-state index in [1.165, 1.54) is 0 Å². The van der Waals surface area contributed by atoms with Gasteiger partial charge in [-0.1, -0.05) is 38.0 Å². The number of rotatable bonds is 9. The number of nitrogens with one attached hydrogen (secondary N) is 2. The van der Waals surface area contributed by atoms with Crippen LogP contribution in [0, 0.1) is 0 Å². The fourth-order valence-corrected chi connectivity index (χ4v) is 2.22. The summed E-state index contributed by atoms with van der Waals surface area (Å²) in [7, 11) is 0. The Morgan fingerprint density at radius 3 is 2.68 bits per heavy atom. The number of carbonyl (C=O) groups excluding carboxylic acids is 3. The molecule has 0 aromatic heterocycles. The van der Waals surface area contributed by atoms with E-state index >= 15 is 0 Å². The van der Waals surface area contributed by atoms with E-state index in [0.29, 0.717) is 12.2 Å². The molecule has 0 spiro atoms. The van der Waals surface area contributed by atoms with E-state index in [1.807, 2.05) is 6.07 Å². The van der Waals surface area contributed by atoms with Gasteiger partial charge in [-0.05, 0) is 18.6 Å². The number of para-hydroxylation sites is 1. The maximum absolute atomic E-state index is 12.1. The van der Waals surface area contributed by atoms with Gasteiger partial charge in [-0.2, -0.15) is 0 Å². The van der Waals surface area contributed by atoms with Crippen LogP contribution >= 0.6 is 0 Å². The highest BCUT2D eigenvalue weighted by Gasteiger charge is 2.32. The van der Waals surface area contributed by atoms with Crippen LogP contribution in [0.4, 0.5) is 5.69 Å². The van der Waals surface area contributed by atoms with Crippen molar-refractivity contribution in [2.45, 2.75) is 26.2 Å². The first kappa shape index (κ1) is 18.5. The lowest BCUT2D eigenvalue weighted by atomic mass is 10.2. The molecule has 7 heteroatoms. The minimum absolute atomic E-state index is 0.0459. The normalized spacial score (nSPS) is 13.4. The van der Waals surface area contributed by atoms with Gasteiger partial charge in [0.2, 0.25) is 11.7 Å². The smallest absolute Gasteiger partial charge is 0.347 e. The molecule has 1 heterocycles. The Kier molecular flexibility index (Phi) is 7.00. The molecule has 1 amide bonds. The summed E-state index contributed by atoms with van der Waals surface area (Å²) >= 11 is 0. The number of unbranched alkanes of at least 4 members (excludes halogenated alkanes) is 2. The molecule has 1 aliphatic rings. The maximum Gasteiger partial charge on any atom is 0.347 e. The van der Waals surface area contributed by atoms with Crippen molar-refractivity contribution < 1.29 is 23.9 Å². The summed E-state index contributed by atoms with van der Waals surface area (Å²) < 4.78 is 10.2. The molecule has 2 rings (SSSR count). The van der Waals surface area contributed by atoms with E-state index in [4.69, 9.17) is 9.47 Å². The number of hydrogen-bond donors (Lipinski definition) is 2. The zero-order valence-electron chi connectivity index (χ0n) is 14.2. The minimum atomic E-state index is -0.871. The summed E-state index contributed by atoms with van der Waals surface area (Å²) in [5.41, 5.74) is 0.466. The van der Waals surface area contributed by atoms with Gasteiger partial charge in [0.05, 0.1) is 0 Å². The van der Waals surface area contributed by atoms with E-state index in [-0.39, 0.29) is 18.1 Å². The number of benzene rings is 1. The standard InChI is InChI=1S/C18H22N2O5/c1-2-3-7-10-19-15(22)12-25-18(23)16-14(21)11-24-17(16)20-13-8-5-4-6-9-13/h4-6,8-9,20H,2-3,7,10-12H2,1H3,(H,19,22). The zero-order valence-corrected chi connectivity index (χ0v) is 14.2. The third-order valence-corrected chi connectivity index (χ3v) is 3.53. The van der Waals surface area contributed by atoms with Gasteiger partial charge in [-0.3, -0.25) is 9.59 Å². The predicted octanol–water partition coefficient (Wildman–Crippen LogP) is 1.76. The van der Waals surface area contributed by atoms with Gasteiger partial charge in [0.15, 0.2) is 18.8 Å². The van der Waals surface area contributed by atoms with Crippen LogP contribution in [0.5, 0.6) is 0 Å². The Hall–Kier alpha value is -2.83. The van der Waals surface area contributed by atoms with Crippen LogP contribution < -0.4 is 10.6 Å². The molecule has 134 valence electrons. The minimum Gasteiger partial charge on any atom is -0.470 e. The Morgan fingerprint density at radius 2 is 1.96 bits per heavy atom. The summed E-state index contributed by atoms with van der Waals surface area (Å²) in [5.74, 6) is -1.70. The third kappa shape index (κ3) is 5.63. The van der Waals surface area contributed by atoms with Crippen LogP contribution in [0.2, 0.25) is 0 Å². The molecule has 1 aromatic carbocycles. The van der Waals surface area contributed by atoms with Crippen molar-refractivity contribution in [1.29, 1.82) is 0 Å². The van der Waals surface area contributed by atoms with Crippen molar-refractivity contribution in [3.05, 3.63) is 41.8 Å². The van der Waals surface area contributed by atoms with Gasteiger partial charge in [0.25, 0.3) is 5.91 Å². The number of Topliss-reactive ketones (excluding diaryl/α,β-unsaturated/α-hetero) is 1. The van der Waals surface area contributed by atoms with E-state index in [0.717, 1.165) is 19.3 Å². The second-order valence-electron chi connectivity index (χ2n) is 5.54. The lowest BCUT2D eigenvalue weighted by Crippen LogP contribution is -2.30. The van der Waals surface area contributed by atoms with Gasteiger partial charge in [-0.25, -0.2) is 4.79 Å². The number of esters is 1. The van der Waals surface area contributed by atoms with Crippen molar-refractivity contribution in [2.75, 3.05) is 25.1 Å². The fourth-order valence-electron chi connectivity index (χ4n) is 2.22. The number of hydrogen-bond acceptors (Lipinski definition) is 6. The molecule has 0 aliphatic carbocycles. The molecule has 2 N–H and O–H groups in total. The Morgan fingerprint density at radius 1 is 1.20 bits per heavy atom. The molecule has 0 atom stereocenters. The van der Waals surface area contributed by atoms with E-state index < -0.39 is 24.3 Å². The summed E-state index contributed by atoms with van der Waals surface area (Å²) in [6.07, 6.45) is 2.95. The largest absolute Gasteiger partial charge is 0.470 e. The van der Waals surface area contributed by atoms with E-state index in [9.17, 15) is 14.4 Å². The highest BCUT2D eigenvalue weighted by molar-refractivity contribution is 6.20. The molecule has 7 nitrogen and oxygen atoms in total. The van der Waals surface area contributed by atoms with Crippen molar-refractivity contribution in [3.63, 3.8) is 0 Å². The number of carbonyl (C=O) groups is 3. The average Bonchev–Trinajstić information content (AvgIpc) is 2.98. The number of ether oxygens (including phenoxy) is 2. The van der Waals surface area contributed by atoms with Gasteiger partial charge >= 0.3 is 5.97 Å². The summed E-state index contributed by atoms with van der Waals surface area (Å²) in [5, 5.41) is 5.54. The lowest BCUT2D eigenvalue weighted by molar-refractivity contribution is -0.145. The second-order valence-corrected chi connectivity index (χ2v) is 5.54. The Balaban J connectivity index is 1.90. The highest BCUT2D eigenvalue weighted by Crippen LogP contribution is 2.20. The van der Waals surface area contributed by atoms with Crippen LogP contribution in [0.15, 0.2) is 41.8 Å². The molecule has 0 fully saturated rings. The third-order valence-electron chi connectivity index (χ3n) is 3.53. The number of ketones is 1. The molecule has 25 heavy (non-hydrogen) atoms. The Labute approximate surface area is 146 Å². The first-order chi connectivity index (χ1) is 12.1. The lowest BCUT2D eigenvalue weighted by Gasteiger charge is -2.09. The first-order valence-electron chi connectivity index (χ1n) is 8.28. The SMILES string of the molecule is CCCCCNC(=O)COC(=O)C1=C(Nc2ccccc2)OCC1=O. The van der Waals surface area contributed by atoms with Crippen LogP contribution in [0.1, 0.15) is 26.2 Å². The van der Waals surface area contributed by atoms with E-state index in [1.54, 1.807) is 24.3 Å². The van der Waals surface area contributed by atoms with Crippen molar-refractivity contribution in [2.24, 2.45) is 0 Å². The molecular weight excluding hydrogens is 324 g/mol. The predicted molar refractivity (Wildman–Crippen MR) is 91.5 cm³/mol. The zero-order chi connectivity index (χ0) is 18.1. The molecule has 0 saturated carbocycles. The number of amides is 1. The van der Waals surface area contributed by atoms with Crippen LogP contribution in [-0.2, 0) is 23.9 Å². The molecule has 0 unspecified atom stereocenters. The average molecular weight is 346 g/mol. The van der Waals surface area contributed by atoms with Crippen molar-refractivity contribution >= 4 is 23.3 Å². The highest BCUT2D eigenvalue weighted by atomic mass is 16.5. The van der Waals surface area contributed by atoms with E-state index in [2.05, 4.69) is 17.6 Å². The van der Waals surface area contributed by atoms with Crippen molar-refractivity contribution in [1.82, 2.24) is 5.32 Å². The molecule has 0 bridgehead atoms. The fraction of sp³-hybridized carbons (Fsp3) is 0.389.